The van der Waals surface area contributed by atoms with Crippen molar-refractivity contribution in [1.82, 2.24) is 4.98 Å². The number of aromatic nitrogens is 1. The minimum absolute atomic E-state index is 0.705. The highest BCUT2D eigenvalue weighted by Crippen LogP contribution is 2.26. The second-order valence-electron chi connectivity index (χ2n) is 3.44. The molecule has 2 rings (SSSR count). The van der Waals surface area contributed by atoms with Crippen LogP contribution in [0.15, 0.2) is 30.5 Å². The van der Waals surface area contributed by atoms with Gasteiger partial charge in [0.2, 0.25) is 0 Å². The molecule has 0 bridgehead atoms. The van der Waals surface area contributed by atoms with E-state index in [1.54, 1.807) is 11.3 Å². The van der Waals surface area contributed by atoms with Gasteiger partial charge in [0.25, 0.3) is 0 Å². The summed E-state index contributed by atoms with van der Waals surface area (Å²) in [4.78, 5) is 5.73. The van der Waals surface area contributed by atoms with E-state index in [1.807, 2.05) is 25.3 Å². The Kier molecular flexibility index (Phi) is 3.57. The Labute approximate surface area is 99.9 Å². The Morgan fingerprint density at radius 3 is 2.50 bits per heavy atom. The van der Waals surface area contributed by atoms with Gasteiger partial charge in [0.15, 0.2) is 0 Å². The van der Waals surface area contributed by atoms with Gasteiger partial charge in [0.05, 0.1) is 6.61 Å². The van der Waals surface area contributed by atoms with E-state index in [4.69, 9.17) is 4.74 Å². The minimum Gasteiger partial charge on any atom is -0.494 e. The van der Waals surface area contributed by atoms with Crippen molar-refractivity contribution in [3.05, 3.63) is 35.3 Å². The molecule has 84 valence electrons. The summed E-state index contributed by atoms with van der Waals surface area (Å²) >= 11 is 1.75. The van der Waals surface area contributed by atoms with Gasteiger partial charge in [-0.15, -0.1) is 11.3 Å². The minimum atomic E-state index is 0.705. The zero-order valence-electron chi connectivity index (χ0n) is 9.56. The van der Waals surface area contributed by atoms with Crippen LogP contribution < -0.4 is 4.74 Å². The molecule has 16 heavy (non-hydrogen) atoms. The van der Waals surface area contributed by atoms with E-state index < -0.39 is 0 Å². The van der Waals surface area contributed by atoms with Crippen molar-refractivity contribution in [2.45, 2.75) is 20.3 Å². The van der Waals surface area contributed by atoms with Crippen LogP contribution in [0.5, 0.6) is 5.75 Å². The first-order valence-corrected chi connectivity index (χ1v) is 6.33. The van der Waals surface area contributed by atoms with Crippen molar-refractivity contribution >= 4 is 11.3 Å². The van der Waals surface area contributed by atoms with Crippen LogP contribution in [0.2, 0.25) is 0 Å². The van der Waals surface area contributed by atoms with Gasteiger partial charge >= 0.3 is 0 Å². The van der Waals surface area contributed by atoms with Gasteiger partial charge in [-0.25, -0.2) is 4.98 Å². The monoisotopic (exact) mass is 233 g/mol. The van der Waals surface area contributed by atoms with Gasteiger partial charge in [0, 0.05) is 16.6 Å². The molecule has 0 spiro atoms. The van der Waals surface area contributed by atoms with Crippen LogP contribution in [0, 0.1) is 0 Å². The van der Waals surface area contributed by atoms with Gasteiger partial charge in [0.1, 0.15) is 10.8 Å². The maximum Gasteiger partial charge on any atom is 0.123 e. The molecule has 0 N–H and O–H groups in total. The highest BCUT2D eigenvalue weighted by Gasteiger charge is 2.03. The van der Waals surface area contributed by atoms with Gasteiger partial charge in [-0.2, -0.15) is 0 Å². The molecule has 1 aromatic carbocycles. The van der Waals surface area contributed by atoms with Gasteiger partial charge < -0.3 is 4.74 Å². The number of rotatable bonds is 4. The van der Waals surface area contributed by atoms with Crippen LogP contribution in [-0.4, -0.2) is 11.6 Å². The summed E-state index contributed by atoms with van der Waals surface area (Å²) in [5.41, 5.74) is 1.16. The topological polar surface area (TPSA) is 22.1 Å². The predicted molar refractivity (Wildman–Crippen MR) is 68.1 cm³/mol. The third-order valence-electron chi connectivity index (χ3n) is 2.31. The van der Waals surface area contributed by atoms with Crippen LogP contribution in [0.1, 0.15) is 18.7 Å². The summed E-state index contributed by atoms with van der Waals surface area (Å²) in [5, 5.41) is 1.08. The standard InChI is InChI=1S/C13H15NOS/c1-3-12-9-14-13(16-12)10-5-7-11(8-6-10)15-4-2/h5-9H,3-4H2,1-2H3. The number of ether oxygens (including phenoxy) is 1. The van der Waals surface area contributed by atoms with E-state index in [9.17, 15) is 0 Å². The Hall–Kier alpha value is -1.35. The quantitative estimate of drug-likeness (QED) is 0.802. The van der Waals surface area contributed by atoms with Crippen LogP contribution in [0.25, 0.3) is 10.6 Å². The molecule has 1 aromatic heterocycles. The predicted octanol–water partition coefficient (Wildman–Crippen LogP) is 3.77. The molecular formula is C13H15NOS. The Bertz CT molecular complexity index is 447. The van der Waals surface area contributed by atoms with E-state index >= 15 is 0 Å². The summed E-state index contributed by atoms with van der Waals surface area (Å²) in [6.45, 7) is 4.84. The Morgan fingerprint density at radius 1 is 1.19 bits per heavy atom. The number of benzene rings is 1. The lowest BCUT2D eigenvalue weighted by Crippen LogP contribution is -1.90. The normalized spacial score (nSPS) is 10.4. The summed E-state index contributed by atoms with van der Waals surface area (Å²) in [5.74, 6) is 0.915. The van der Waals surface area contributed by atoms with E-state index in [1.165, 1.54) is 4.88 Å². The van der Waals surface area contributed by atoms with Crippen molar-refractivity contribution in [3.8, 4) is 16.3 Å². The van der Waals surface area contributed by atoms with Crippen molar-refractivity contribution in [2.75, 3.05) is 6.61 Å². The van der Waals surface area contributed by atoms with E-state index in [2.05, 4.69) is 24.0 Å². The molecule has 0 amide bonds. The third kappa shape index (κ3) is 2.42. The molecule has 0 aliphatic rings. The van der Waals surface area contributed by atoms with Crippen molar-refractivity contribution < 1.29 is 4.74 Å². The summed E-state index contributed by atoms with van der Waals surface area (Å²) in [7, 11) is 0. The second kappa shape index (κ2) is 5.12. The summed E-state index contributed by atoms with van der Waals surface area (Å²) in [6.07, 6.45) is 3.01. The van der Waals surface area contributed by atoms with E-state index in [0.29, 0.717) is 6.61 Å². The third-order valence-corrected chi connectivity index (χ3v) is 3.51. The lowest BCUT2D eigenvalue weighted by molar-refractivity contribution is 0.340. The van der Waals surface area contributed by atoms with Crippen molar-refractivity contribution in [2.24, 2.45) is 0 Å². The zero-order chi connectivity index (χ0) is 11.4. The SMILES string of the molecule is CCOc1ccc(-c2ncc(CC)s2)cc1. The van der Waals surface area contributed by atoms with Crippen molar-refractivity contribution in [3.63, 3.8) is 0 Å². The van der Waals surface area contributed by atoms with E-state index in [-0.39, 0.29) is 0 Å². The van der Waals surface area contributed by atoms with E-state index in [0.717, 1.165) is 22.7 Å². The lowest BCUT2D eigenvalue weighted by atomic mass is 10.2. The van der Waals surface area contributed by atoms with Crippen LogP contribution in [0.3, 0.4) is 0 Å². The fourth-order valence-electron chi connectivity index (χ4n) is 1.46. The summed E-state index contributed by atoms with van der Waals surface area (Å²) in [6, 6.07) is 8.10. The molecule has 0 unspecified atom stereocenters. The Morgan fingerprint density at radius 2 is 1.94 bits per heavy atom. The maximum atomic E-state index is 5.41. The highest BCUT2D eigenvalue weighted by molar-refractivity contribution is 7.15. The molecule has 3 heteroatoms. The van der Waals surface area contributed by atoms with Gasteiger partial charge in [-0.3, -0.25) is 0 Å². The molecule has 2 nitrogen and oxygen atoms in total. The lowest BCUT2D eigenvalue weighted by Gasteiger charge is -2.02. The molecule has 0 radical (unpaired) electrons. The zero-order valence-corrected chi connectivity index (χ0v) is 10.4. The van der Waals surface area contributed by atoms with Crippen LogP contribution >= 0.6 is 11.3 Å². The fraction of sp³-hybridized carbons (Fsp3) is 0.308. The maximum absolute atomic E-state index is 5.41. The molecular weight excluding hydrogens is 218 g/mol. The second-order valence-corrected chi connectivity index (χ2v) is 4.56. The molecule has 0 saturated heterocycles. The largest absolute Gasteiger partial charge is 0.494 e. The number of hydrogen-bond donors (Lipinski definition) is 0. The number of nitrogens with zero attached hydrogens (tertiary/aromatic N) is 1. The average Bonchev–Trinajstić information content (AvgIpc) is 2.79. The highest BCUT2D eigenvalue weighted by atomic mass is 32.1. The smallest absolute Gasteiger partial charge is 0.123 e. The summed E-state index contributed by atoms with van der Waals surface area (Å²) < 4.78 is 5.41. The number of thiazole rings is 1. The average molecular weight is 233 g/mol. The number of aryl methyl sites for hydroxylation is 1. The van der Waals surface area contributed by atoms with Gasteiger partial charge in [-0.1, -0.05) is 6.92 Å². The number of hydrogen-bond acceptors (Lipinski definition) is 3. The molecule has 2 aromatic rings. The van der Waals surface area contributed by atoms with Gasteiger partial charge in [-0.05, 0) is 37.6 Å². The fourth-order valence-corrected chi connectivity index (χ4v) is 2.32. The Balaban J connectivity index is 2.20. The first-order chi connectivity index (χ1) is 7.83. The van der Waals surface area contributed by atoms with Crippen LogP contribution in [0.4, 0.5) is 0 Å². The first kappa shape index (κ1) is 11.1. The molecule has 0 aliphatic carbocycles. The molecule has 1 heterocycles. The molecule has 0 saturated carbocycles. The first-order valence-electron chi connectivity index (χ1n) is 5.51. The molecule has 0 atom stereocenters. The van der Waals surface area contributed by atoms with Crippen molar-refractivity contribution in [1.29, 1.82) is 0 Å². The molecule has 0 fully saturated rings. The molecule has 0 aliphatic heterocycles. The van der Waals surface area contributed by atoms with Crippen LogP contribution in [-0.2, 0) is 6.42 Å².